The van der Waals surface area contributed by atoms with Crippen LogP contribution in [0.3, 0.4) is 0 Å². The van der Waals surface area contributed by atoms with E-state index in [0.717, 1.165) is 6.41 Å². The lowest BCUT2D eigenvalue weighted by Gasteiger charge is -2.14. The van der Waals surface area contributed by atoms with Gasteiger partial charge in [0.05, 0.1) is 6.04 Å². The highest BCUT2D eigenvalue weighted by Crippen LogP contribution is 2.40. The Kier molecular flexibility index (Phi) is 2.30. The van der Waals surface area contributed by atoms with Crippen molar-refractivity contribution in [1.29, 1.82) is 0 Å². The van der Waals surface area contributed by atoms with Crippen LogP contribution in [0, 0.1) is 5.92 Å². The Bertz CT molecular complexity index is 279. The largest absolute Gasteiger partial charge is 0.352 e. The van der Waals surface area contributed by atoms with E-state index in [4.69, 9.17) is 0 Å². The summed E-state index contributed by atoms with van der Waals surface area (Å²) in [5.74, 6) is 0.660. The average molecular weight is 175 g/mol. The molecule has 2 nitrogen and oxygen atoms in total. The van der Waals surface area contributed by atoms with Crippen molar-refractivity contribution < 1.29 is 4.79 Å². The lowest BCUT2D eigenvalue weighted by atomic mass is 10.0. The molecule has 2 heteroatoms. The summed E-state index contributed by atoms with van der Waals surface area (Å²) in [6.45, 7) is 0. The Hall–Kier alpha value is -1.31. The molecule has 1 aliphatic rings. The second-order valence-electron chi connectivity index (χ2n) is 3.51. The van der Waals surface area contributed by atoms with Gasteiger partial charge in [0.15, 0.2) is 0 Å². The fourth-order valence-corrected chi connectivity index (χ4v) is 1.67. The molecule has 0 radical (unpaired) electrons. The maximum absolute atomic E-state index is 10.4. The van der Waals surface area contributed by atoms with Gasteiger partial charge in [-0.05, 0) is 24.3 Å². The van der Waals surface area contributed by atoms with Crippen molar-refractivity contribution in [2.24, 2.45) is 5.92 Å². The SMILES string of the molecule is O=CNC(c1ccccc1)C1CC1. The molecule has 1 amide bonds. The van der Waals surface area contributed by atoms with E-state index in [1.807, 2.05) is 18.2 Å². The Morgan fingerprint density at radius 1 is 1.31 bits per heavy atom. The second kappa shape index (κ2) is 3.60. The van der Waals surface area contributed by atoms with Gasteiger partial charge in [-0.15, -0.1) is 0 Å². The number of carbonyl (C=O) groups excluding carboxylic acids is 1. The van der Waals surface area contributed by atoms with Crippen molar-refractivity contribution in [2.75, 3.05) is 0 Å². The van der Waals surface area contributed by atoms with Gasteiger partial charge in [-0.3, -0.25) is 4.79 Å². The standard InChI is InChI=1S/C11H13NO/c13-8-12-11(10-6-7-10)9-4-2-1-3-5-9/h1-5,8,10-11H,6-7H2,(H,12,13). The molecule has 68 valence electrons. The van der Waals surface area contributed by atoms with Gasteiger partial charge in [-0.2, -0.15) is 0 Å². The maximum Gasteiger partial charge on any atom is 0.207 e. The highest BCUT2D eigenvalue weighted by molar-refractivity contribution is 5.48. The smallest absolute Gasteiger partial charge is 0.207 e. The van der Waals surface area contributed by atoms with Crippen LogP contribution >= 0.6 is 0 Å². The van der Waals surface area contributed by atoms with Crippen LogP contribution in [0.25, 0.3) is 0 Å². The van der Waals surface area contributed by atoms with Crippen molar-refractivity contribution in [3.05, 3.63) is 35.9 Å². The van der Waals surface area contributed by atoms with Crippen molar-refractivity contribution in [1.82, 2.24) is 5.32 Å². The minimum absolute atomic E-state index is 0.235. The molecule has 0 spiro atoms. The minimum atomic E-state index is 0.235. The molecule has 1 N–H and O–H groups in total. The van der Waals surface area contributed by atoms with Gasteiger partial charge in [0.2, 0.25) is 6.41 Å². The molecule has 0 aliphatic heterocycles. The lowest BCUT2D eigenvalue weighted by molar-refractivity contribution is -0.110. The van der Waals surface area contributed by atoms with Gasteiger partial charge in [-0.25, -0.2) is 0 Å². The molecule has 1 fully saturated rings. The third-order valence-corrected chi connectivity index (χ3v) is 2.50. The summed E-state index contributed by atoms with van der Waals surface area (Å²) in [7, 11) is 0. The third-order valence-electron chi connectivity index (χ3n) is 2.50. The average Bonchev–Trinajstić information content (AvgIpc) is 2.99. The number of nitrogens with one attached hydrogen (secondary N) is 1. The van der Waals surface area contributed by atoms with E-state index in [0.29, 0.717) is 5.92 Å². The summed E-state index contributed by atoms with van der Waals surface area (Å²) < 4.78 is 0. The van der Waals surface area contributed by atoms with Crippen LogP contribution in [-0.2, 0) is 4.79 Å². The second-order valence-corrected chi connectivity index (χ2v) is 3.51. The summed E-state index contributed by atoms with van der Waals surface area (Å²) in [5.41, 5.74) is 1.22. The first-order valence-electron chi connectivity index (χ1n) is 4.66. The normalized spacial score (nSPS) is 17.8. The first-order valence-corrected chi connectivity index (χ1v) is 4.66. The van der Waals surface area contributed by atoms with Crippen LogP contribution in [0.1, 0.15) is 24.4 Å². The summed E-state index contributed by atoms with van der Waals surface area (Å²) in [6.07, 6.45) is 3.27. The molecule has 1 atom stereocenters. The Morgan fingerprint density at radius 3 is 2.54 bits per heavy atom. The fraction of sp³-hybridized carbons (Fsp3) is 0.364. The number of amides is 1. The van der Waals surface area contributed by atoms with E-state index in [-0.39, 0.29) is 6.04 Å². The fourth-order valence-electron chi connectivity index (χ4n) is 1.67. The summed E-state index contributed by atoms with van der Waals surface area (Å²) in [6, 6.07) is 10.4. The van der Waals surface area contributed by atoms with Crippen LogP contribution in [0.2, 0.25) is 0 Å². The molecule has 0 saturated heterocycles. The van der Waals surface area contributed by atoms with E-state index >= 15 is 0 Å². The molecule has 1 aromatic carbocycles. The summed E-state index contributed by atoms with van der Waals surface area (Å²) in [5, 5.41) is 2.88. The molecule has 0 bridgehead atoms. The van der Waals surface area contributed by atoms with Crippen LogP contribution in [0.15, 0.2) is 30.3 Å². The van der Waals surface area contributed by atoms with Gasteiger partial charge in [0, 0.05) is 0 Å². The van der Waals surface area contributed by atoms with Gasteiger partial charge in [0.1, 0.15) is 0 Å². The monoisotopic (exact) mass is 175 g/mol. The van der Waals surface area contributed by atoms with Gasteiger partial charge in [-0.1, -0.05) is 30.3 Å². The van der Waals surface area contributed by atoms with Crippen molar-refractivity contribution in [3.63, 3.8) is 0 Å². The van der Waals surface area contributed by atoms with Gasteiger partial charge < -0.3 is 5.32 Å². The van der Waals surface area contributed by atoms with E-state index in [1.165, 1.54) is 18.4 Å². The zero-order chi connectivity index (χ0) is 9.10. The van der Waals surface area contributed by atoms with Crippen LogP contribution < -0.4 is 5.32 Å². The number of hydrogen-bond acceptors (Lipinski definition) is 1. The molecule has 1 aliphatic carbocycles. The summed E-state index contributed by atoms with van der Waals surface area (Å²) >= 11 is 0. The van der Waals surface area contributed by atoms with Gasteiger partial charge >= 0.3 is 0 Å². The molecule has 13 heavy (non-hydrogen) atoms. The highest BCUT2D eigenvalue weighted by Gasteiger charge is 2.31. The van der Waals surface area contributed by atoms with E-state index in [1.54, 1.807) is 0 Å². The molecular weight excluding hydrogens is 162 g/mol. The van der Waals surface area contributed by atoms with Crippen molar-refractivity contribution in [3.8, 4) is 0 Å². The van der Waals surface area contributed by atoms with E-state index in [9.17, 15) is 4.79 Å². The Balaban J connectivity index is 2.14. The molecule has 1 saturated carbocycles. The summed E-state index contributed by atoms with van der Waals surface area (Å²) in [4.78, 5) is 10.4. The Labute approximate surface area is 78.0 Å². The van der Waals surface area contributed by atoms with Crippen molar-refractivity contribution >= 4 is 6.41 Å². The van der Waals surface area contributed by atoms with Gasteiger partial charge in [0.25, 0.3) is 0 Å². The maximum atomic E-state index is 10.4. The lowest BCUT2D eigenvalue weighted by Crippen LogP contribution is -2.21. The molecule has 0 aromatic heterocycles. The Morgan fingerprint density at radius 2 is 2.00 bits per heavy atom. The van der Waals surface area contributed by atoms with Crippen molar-refractivity contribution in [2.45, 2.75) is 18.9 Å². The molecular formula is C11H13NO. The van der Waals surface area contributed by atoms with Crippen LogP contribution in [0.5, 0.6) is 0 Å². The molecule has 1 unspecified atom stereocenters. The molecule has 2 rings (SSSR count). The van der Waals surface area contributed by atoms with E-state index < -0.39 is 0 Å². The predicted molar refractivity (Wildman–Crippen MR) is 51.1 cm³/mol. The number of benzene rings is 1. The zero-order valence-corrected chi connectivity index (χ0v) is 7.44. The first-order chi connectivity index (χ1) is 6.42. The molecule has 1 aromatic rings. The number of hydrogen-bond donors (Lipinski definition) is 1. The minimum Gasteiger partial charge on any atom is -0.352 e. The van der Waals surface area contributed by atoms with E-state index in [2.05, 4.69) is 17.4 Å². The predicted octanol–water partition coefficient (Wildman–Crippen LogP) is 1.88. The quantitative estimate of drug-likeness (QED) is 0.695. The van der Waals surface area contributed by atoms with Crippen LogP contribution in [-0.4, -0.2) is 6.41 Å². The highest BCUT2D eigenvalue weighted by atomic mass is 16.1. The number of carbonyl (C=O) groups is 1. The first kappa shape index (κ1) is 8.30. The van der Waals surface area contributed by atoms with Crippen LogP contribution in [0.4, 0.5) is 0 Å². The topological polar surface area (TPSA) is 29.1 Å². The molecule has 0 heterocycles. The number of rotatable bonds is 4. The third kappa shape index (κ3) is 1.89. The zero-order valence-electron chi connectivity index (χ0n) is 7.44.